The Morgan fingerprint density at radius 1 is 1.44 bits per heavy atom. The zero-order valence-electron chi connectivity index (χ0n) is 9.72. The highest BCUT2D eigenvalue weighted by molar-refractivity contribution is 5.37. The second-order valence-corrected chi connectivity index (χ2v) is 3.81. The van der Waals surface area contributed by atoms with Crippen LogP contribution in [0.25, 0.3) is 5.69 Å². The van der Waals surface area contributed by atoms with Gasteiger partial charge in [-0.2, -0.15) is 0 Å². The van der Waals surface area contributed by atoms with Crippen molar-refractivity contribution in [1.82, 2.24) is 14.9 Å². The Morgan fingerprint density at radius 3 is 2.94 bits per heavy atom. The summed E-state index contributed by atoms with van der Waals surface area (Å²) in [5.41, 5.74) is 2.47. The molecule has 0 amide bonds. The maximum atomic E-state index is 4.06. The molecule has 1 N–H and O–H groups in total. The minimum atomic E-state index is 0.420. The van der Waals surface area contributed by atoms with Crippen molar-refractivity contribution in [2.24, 2.45) is 0 Å². The van der Waals surface area contributed by atoms with Crippen LogP contribution in [0, 0.1) is 0 Å². The molecule has 1 aromatic carbocycles. The van der Waals surface area contributed by atoms with Crippen molar-refractivity contribution in [3.63, 3.8) is 0 Å². The minimum Gasteiger partial charge on any atom is -0.313 e. The molecule has 0 aliphatic carbocycles. The SMILES string of the molecule is CCC(NC)c1cccc(-n2ccnc2)c1. The molecule has 1 aromatic heterocycles. The molecule has 0 saturated carbocycles. The van der Waals surface area contributed by atoms with Crippen molar-refractivity contribution in [1.29, 1.82) is 0 Å². The molecule has 0 radical (unpaired) electrons. The highest BCUT2D eigenvalue weighted by Gasteiger charge is 2.06. The van der Waals surface area contributed by atoms with E-state index in [9.17, 15) is 0 Å². The number of hydrogen-bond donors (Lipinski definition) is 1. The van der Waals surface area contributed by atoms with E-state index in [0.29, 0.717) is 6.04 Å². The van der Waals surface area contributed by atoms with Crippen molar-refractivity contribution in [2.45, 2.75) is 19.4 Å². The molecule has 2 aromatic rings. The topological polar surface area (TPSA) is 29.9 Å². The lowest BCUT2D eigenvalue weighted by atomic mass is 10.0. The minimum absolute atomic E-state index is 0.420. The summed E-state index contributed by atoms with van der Waals surface area (Å²) in [4.78, 5) is 4.06. The van der Waals surface area contributed by atoms with Gasteiger partial charge in [0.1, 0.15) is 0 Å². The van der Waals surface area contributed by atoms with E-state index in [-0.39, 0.29) is 0 Å². The number of rotatable bonds is 4. The number of benzene rings is 1. The number of nitrogens with zero attached hydrogens (tertiary/aromatic N) is 2. The van der Waals surface area contributed by atoms with Gasteiger partial charge in [0.2, 0.25) is 0 Å². The highest BCUT2D eigenvalue weighted by Crippen LogP contribution is 2.19. The van der Waals surface area contributed by atoms with Crippen molar-refractivity contribution in [3.8, 4) is 5.69 Å². The van der Waals surface area contributed by atoms with Gasteiger partial charge in [-0.3, -0.25) is 0 Å². The Labute approximate surface area is 96.1 Å². The monoisotopic (exact) mass is 215 g/mol. The van der Waals surface area contributed by atoms with Crippen LogP contribution in [0.5, 0.6) is 0 Å². The Kier molecular flexibility index (Phi) is 3.37. The second-order valence-electron chi connectivity index (χ2n) is 3.81. The van der Waals surface area contributed by atoms with Crippen molar-refractivity contribution >= 4 is 0 Å². The summed E-state index contributed by atoms with van der Waals surface area (Å²) < 4.78 is 2.02. The fourth-order valence-corrected chi connectivity index (χ4v) is 1.92. The van der Waals surface area contributed by atoms with E-state index in [2.05, 4.69) is 41.5 Å². The summed E-state index contributed by atoms with van der Waals surface area (Å²) in [5, 5.41) is 3.32. The third-order valence-corrected chi connectivity index (χ3v) is 2.83. The van der Waals surface area contributed by atoms with E-state index in [4.69, 9.17) is 0 Å². The van der Waals surface area contributed by atoms with E-state index < -0.39 is 0 Å². The average molecular weight is 215 g/mol. The molecule has 3 heteroatoms. The first kappa shape index (κ1) is 10.9. The van der Waals surface area contributed by atoms with E-state index in [1.165, 1.54) is 5.56 Å². The third-order valence-electron chi connectivity index (χ3n) is 2.83. The van der Waals surface area contributed by atoms with Crippen molar-refractivity contribution in [2.75, 3.05) is 7.05 Å². The van der Waals surface area contributed by atoms with E-state index in [1.54, 1.807) is 6.20 Å². The van der Waals surface area contributed by atoms with Gasteiger partial charge in [-0.25, -0.2) is 4.98 Å². The standard InChI is InChI=1S/C13H17N3/c1-3-13(14-2)11-5-4-6-12(9-11)16-8-7-15-10-16/h4-10,13-14H,3H2,1-2H3. The first-order valence-electron chi connectivity index (χ1n) is 5.60. The molecule has 84 valence electrons. The lowest BCUT2D eigenvalue weighted by molar-refractivity contribution is 0.576. The second kappa shape index (κ2) is 4.94. The summed E-state index contributed by atoms with van der Waals surface area (Å²) in [5.74, 6) is 0. The van der Waals surface area contributed by atoms with E-state index in [0.717, 1.165) is 12.1 Å². The number of hydrogen-bond acceptors (Lipinski definition) is 2. The third kappa shape index (κ3) is 2.14. The molecule has 0 aliphatic rings. The highest BCUT2D eigenvalue weighted by atomic mass is 15.0. The summed E-state index contributed by atoms with van der Waals surface area (Å²) >= 11 is 0. The summed E-state index contributed by atoms with van der Waals surface area (Å²) in [6.07, 6.45) is 6.66. The van der Waals surface area contributed by atoms with Gasteiger partial charge in [0.05, 0.1) is 6.33 Å². The van der Waals surface area contributed by atoms with Gasteiger partial charge in [0.25, 0.3) is 0 Å². The maximum Gasteiger partial charge on any atom is 0.0991 e. The van der Waals surface area contributed by atoms with Gasteiger partial charge in [0, 0.05) is 24.1 Å². The van der Waals surface area contributed by atoms with Crippen LogP contribution in [0.3, 0.4) is 0 Å². The van der Waals surface area contributed by atoms with Crippen molar-refractivity contribution in [3.05, 3.63) is 48.5 Å². The van der Waals surface area contributed by atoms with Crippen LogP contribution in [-0.4, -0.2) is 16.6 Å². The lowest BCUT2D eigenvalue weighted by Gasteiger charge is -2.15. The Balaban J connectivity index is 2.33. The van der Waals surface area contributed by atoms with Crippen LogP contribution in [0.2, 0.25) is 0 Å². The molecular formula is C13H17N3. The summed E-state index contributed by atoms with van der Waals surface area (Å²) in [7, 11) is 2.00. The zero-order chi connectivity index (χ0) is 11.4. The molecular weight excluding hydrogens is 198 g/mol. The fourth-order valence-electron chi connectivity index (χ4n) is 1.92. The van der Waals surface area contributed by atoms with Crippen LogP contribution in [0.15, 0.2) is 43.0 Å². The lowest BCUT2D eigenvalue weighted by Crippen LogP contribution is -2.15. The number of nitrogens with one attached hydrogen (secondary N) is 1. The van der Waals surface area contributed by atoms with Crippen LogP contribution >= 0.6 is 0 Å². The molecule has 1 unspecified atom stereocenters. The van der Waals surface area contributed by atoms with Crippen LogP contribution in [0.4, 0.5) is 0 Å². The molecule has 3 nitrogen and oxygen atoms in total. The molecule has 0 saturated heterocycles. The van der Waals surface area contributed by atoms with E-state index in [1.807, 2.05) is 24.1 Å². The van der Waals surface area contributed by atoms with Gasteiger partial charge < -0.3 is 9.88 Å². The molecule has 0 spiro atoms. The Morgan fingerprint density at radius 2 is 2.31 bits per heavy atom. The first-order chi connectivity index (χ1) is 7.85. The number of imidazole rings is 1. The molecule has 0 bridgehead atoms. The molecule has 1 atom stereocenters. The summed E-state index contributed by atoms with van der Waals surface area (Å²) in [6.45, 7) is 2.19. The maximum absolute atomic E-state index is 4.06. The Hall–Kier alpha value is -1.61. The predicted octanol–water partition coefficient (Wildman–Crippen LogP) is 2.54. The van der Waals surface area contributed by atoms with E-state index >= 15 is 0 Å². The molecule has 1 heterocycles. The number of aromatic nitrogens is 2. The normalized spacial score (nSPS) is 12.6. The van der Waals surface area contributed by atoms with Crippen LogP contribution in [-0.2, 0) is 0 Å². The first-order valence-corrected chi connectivity index (χ1v) is 5.60. The molecule has 16 heavy (non-hydrogen) atoms. The van der Waals surface area contributed by atoms with Gasteiger partial charge in [-0.1, -0.05) is 19.1 Å². The van der Waals surface area contributed by atoms with Gasteiger partial charge in [-0.05, 0) is 31.2 Å². The molecule has 0 aliphatic heterocycles. The fraction of sp³-hybridized carbons (Fsp3) is 0.308. The quantitative estimate of drug-likeness (QED) is 0.849. The van der Waals surface area contributed by atoms with Gasteiger partial charge in [-0.15, -0.1) is 0 Å². The average Bonchev–Trinajstić information content (AvgIpc) is 2.85. The largest absolute Gasteiger partial charge is 0.313 e. The predicted molar refractivity (Wildman–Crippen MR) is 65.7 cm³/mol. The molecule has 2 rings (SSSR count). The zero-order valence-corrected chi connectivity index (χ0v) is 9.72. The van der Waals surface area contributed by atoms with Gasteiger partial charge >= 0.3 is 0 Å². The smallest absolute Gasteiger partial charge is 0.0991 e. The Bertz CT molecular complexity index is 430. The molecule has 0 fully saturated rings. The van der Waals surface area contributed by atoms with Crippen molar-refractivity contribution < 1.29 is 0 Å². The van der Waals surface area contributed by atoms with Gasteiger partial charge in [0.15, 0.2) is 0 Å². The van der Waals surface area contributed by atoms with Crippen LogP contribution < -0.4 is 5.32 Å². The summed E-state index contributed by atoms with van der Waals surface area (Å²) in [6, 6.07) is 8.96. The van der Waals surface area contributed by atoms with Crippen LogP contribution in [0.1, 0.15) is 24.9 Å².